The monoisotopic (exact) mass is 182 g/mol. The minimum absolute atomic E-state index is 0.503. The average molecular weight is 183 g/mol. The van der Waals surface area contributed by atoms with Gasteiger partial charge in [-0.1, -0.05) is 31.5 Å². The fourth-order valence-electron chi connectivity index (χ4n) is 0.724. The second-order valence-electron chi connectivity index (χ2n) is 2.87. The highest BCUT2D eigenvalue weighted by molar-refractivity contribution is 6.31. The summed E-state index contributed by atoms with van der Waals surface area (Å²) in [6.07, 6.45) is 5.50. The van der Waals surface area contributed by atoms with E-state index in [9.17, 15) is 0 Å². The van der Waals surface area contributed by atoms with Crippen molar-refractivity contribution in [3.05, 3.63) is 29.1 Å². The first-order valence-corrected chi connectivity index (χ1v) is 4.23. The minimum Gasteiger partial charge on any atom is -0.158 e. The van der Waals surface area contributed by atoms with E-state index in [0.717, 1.165) is 5.69 Å². The lowest BCUT2D eigenvalue weighted by Gasteiger charge is -1.95. The molecule has 2 nitrogen and oxygen atoms in total. The molecule has 0 aliphatic heterocycles. The second kappa shape index (κ2) is 4.21. The van der Waals surface area contributed by atoms with Crippen molar-refractivity contribution in [3.63, 3.8) is 0 Å². The normalized spacial score (nSPS) is 11.3. The number of hydrogen-bond acceptors (Lipinski definition) is 2. The van der Waals surface area contributed by atoms with Crippen LogP contribution in [0.4, 0.5) is 0 Å². The Morgan fingerprint density at radius 2 is 2.25 bits per heavy atom. The molecule has 0 aliphatic carbocycles. The number of aromatic nitrogens is 2. The molecule has 0 saturated carbocycles. The Bertz CT molecular complexity index is 282. The highest BCUT2D eigenvalue weighted by atomic mass is 35.5. The third kappa shape index (κ3) is 2.62. The molecule has 1 aromatic heterocycles. The molecule has 0 radical (unpaired) electrons. The van der Waals surface area contributed by atoms with Crippen molar-refractivity contribution < 1.29 is 0 Å². The van der Waals surface area contributed by atoms with E-state index in [-0.39, 0.29) is 0 Å². The summed E-state index contributed by atoms with van der Waals surface area (Å²) < 4.78 is 0. The van der Waals surface area contributed by atoms with Crippen molar-refractivity contribution in [2.24, 2.45) is 5.92 Å². The Kier molecular flexibility index (Phi) is 3.23. The Morgan fingerprint density at radius 1 is 1.50 bits per heavy atom. The first kappa shape index (κ1) is 9.20. The van der Waals surface area contributed by atoms with Crippen molar-refractivity contribution in [2.45, 2.75) is 13.8 Å². The average Bonchev–Trinajstić information content (AvgIpc) is 2.03. The maximum absolute atomic E-state index is 5.85. The molecular formula is C9H11ClN2. The van der Waals surface area contributed by atoms with Crippen LogP contribution in [-0.4, -0.2) is 10.2 Å². The number of nitrogens with zero attached hydrogens (tertiary/aromatic N) is 2. The van der Waals surface area contributed by atoms with Gasteiger partial charge in [0.2, 0.25) is 0 Å². The van der Waals surface area contributed by atoms with Gasteiger partial charge in [0.1, 0.15) is 5.69 Å². The molecule has 1 rings (SSSR count). The summed E-state index contributed by atoms with van der Waals surface area (Å²) in [6.45, 7) is 4.20. The summed E-state index contributed by atoms with van der Waals surface area (Å²) >= 11 is 5.85. The zero-order chi connectivity index (χ0) is 8.97. The molecule has 12 heavy (non-hydrogen) atoms. The van der Waals surface area contributed by atoms with Gasteiger partial charge in [-0.2, -0.15) is 5.10 Å². The molecule has 0 aromatic carbocycles. The predicted molar refractivity (Wildman–Crippen MR) is 50.9 cm³/mol. The molecule has 0 bridgehead atoms. The van der Waals surface area contributed by atoms with Crippen LogP contribution in [0.1, 0.15) is 19.5 Å². The zero-order valence-corrected chi connectivity index (χ0v) is 7.92. The van der Waals surface area contributed by atoms with Gasteiger partial charge in [-0.3, -0.25) is 0 Å². The van der Waals surface area contributed by atoms with E-state index in [2.05, 4.69) is 24.0 Å². The topological polar surface area (TPSA) is 25.8 Å². The molecule has 1 heterocycles. The Hall–Kier alpha value is -0.890. The van der Waals surface area contributed by atoms with Crippen LogP contribution in [0, 0.1) is 5.92 Å². The number of halogens is 1. The number of hydrogen-bond donors (Lipinski definition) is 0. The van der Waals surface area contributed by atoms with Crippen molar-refractivity contribution in [1.29, 1.82) is 0 Å². The van der Waals surface area contributed by atoms with Gasteiger partial charge in [0.25, 0.3) is 0 Å². The lowest BCUT2D eigenvalue weighted by Crippen LogP contribution is -1.86. The van der Waals surface area contributed by atoms with Crippen LogP contribution in [-0.2, 0) is 0 Å². The summed E-state index contributed by atoms with van der Waals surface area (Å²) in [7, 11) is 0. The fourth-order valence-corrected chi connectivity index (χ4v) is 0.881. The van der Waals surface area contributed by atoms with E-state index < -0.39 is 0 Å². The summed E-state index contributed by atoms with van der Waals surface area (Å²) in [6, 6.07) is 1.73. The molecule has 0 N–H and O–H groups in total. The minimum atomic E-state index is 0.503. The number of allylic oxidation sites excluding steroid dienone is 1. The van der Waals surface area contributed by atoms with Crippen molar-refractivity contribution in [2.75, 3.05) is 0 Å². The Morgan fingerprint density at radius 3 is 2.83 bits per heavy atom. The van der Waals surface area contributed by atoms with Gasteiger partial charge in [-0.15, -0.1) is 5.10 Å². The molecule has 3 heteroatoms. The molecule has 0 spiro atoms. The number of rotatable bonds is 2. The molecule has 1 aromatic rings. The highest BCUT2D eigenvalue weighted by Crippen LogP contribution is 2.13. The quantitative estimate of drug-likeness (QED) is 0.703. The van der Waals surface area contributed by atoms with Crippen molar-refractivity contribution >= 4 is 17.7 Å². The van der Waals surface area contributed by atoms with E-state index in [1.165, 1.54) is 0 Å². The molecule has 0 saturated heterocycles. The third-order valence-corrected chi connectivity index (χ3v) is 1.66. The van der Waals surface area contributed by atoms with Crippen LogP contribution in [0.25, 0.3) is 6.08 Å². The van der Waals surface area contributed by atoms with Gasteiger partial charge >= 0.3 is 0 Å². The van der Waals surface area contributed by atoms with Crippen molar-refractivity contribution in [1.82, 2.24) is 10.2 Å². The third-order valence-electron chi connectivity index (χ3n) is 1.34. The standard InChI is InChI=1S/C9H11ClN2/c1-7(2)3-4-9-8(10)5-6-11-12-9/h3-7H,1-2H3/b4-3+. The van der Waals surface area contributed by atoms with Gasteiger partial charge in [-0.25, -0.2) is 0 Å². The van der Waals surface area contributed by atoms with Gasteiger partial charge in [-0.05, 0) is 18.1 Å². The van der Waals surface area contributed by atoms with E-state index in [4.69, 9.17) is 11.6 Å². The second-order valence-corrected chi connectivity index (χ2v) is 3.27. The fraction of sp³-hybridized carbons (Fsp3) is 0.333. The maximum atomic E-state index is 5.85. The summed E-state index contributed by atoms with van der Waals surface area (Å²) in [4.78, 5) is 0. The molecule has 0 unspecified atom stereocenters. The lowest BCUT2D eigenvalue weighted by atomic mass is 10.2. The predicted octanol–water partition coefficient (Wildman–Crippen LogP) is 2.80. The van der Waals surface area contributed by atoms with Gasteiger partial charge in [0.15, 0.2) is 0 Å². The van der Waals surface area contributed by atoms with E-state index in [1.807, 2.05) is 12.2 Å². The van der Waals surface area contributed by atoms with Crippen LogP contribution >= 0.6 is 11.6 Å². The molecule has 0 fully saturated rings. The van der Waals surface area contributed by atoms with Gasteiger partial charge in [0, 0.05) is 0 Å². The summed E-state index contributed by atoms with van der Waals surface area (Å²) in [5.74, 6) is 0.503. The molecule has 64 valence electrons. The van der Waals surface area contributed by atoms with Crippen LogP contribution in [0.3, 0.4) is 0 Å². The SMILES string of the molecule is CC(C)/C=C/c1nnccc1Cl. The largest absolute Gasteiger partial charge is 0.158 e. The van der Waals surface area contributed by atoms with Crippen LogP contribution in [0.5, 0.6) is 0 Å². The van der Waals surface area contributed by atoms with Crippen LogP contribution < -0.4 is 0 Å². The van der Waals surface area contributed by atoms with E-state index in [0.29, 0.717) is 10.9 Å². The van der Waals surface area contributed by atoms with E-state index in [1.54, 1.807) is 12.3 Å². The zero-order valence-electron chi connectivity index (χ0n) is 7.16. The van der Waals surface area contributed by atoms with E-state index >= 15 is 0 Å². The Balaban J connectivity index is 2.82. The molecule has 0 aliphatic rings. The lowest BCUT2D eigenvalue weighted by molar-refractivity contribution is 0.835. The first-order valence-electron chi connectivity index (χ1n) is 3.85. The summed E-state index contributed by atoms with van der Waals surface area (Å²) in [5, 5.41) is 8.26. The van der Waals surface area contributed by atoms with Crippen LogP contribution in [0.2, 0.25) is 5.02 Å². The van der Waals surface area contributed by atoms with Crippen molar-refractivity contribution in [3.8, 4) is 0 Å². The first-order chi connectivity index (χ1) is 5.70. The molecule has 0 amide bonds. The van der Waals surface area contributed by atoms with Crippen LogP contribution in [0.15, 0.2) is 18.3 Å². The van der Waals surface area contributed by atoms with Gasteiger partial charge < -0.3 is 0 Å². The molecular weight excluding hydrogens is 172 g/mol. The molecule has 0 atom stereocenters. The van der Waals surface area contributed by atoms with Gasteiger partial charge in [0.05, 0.1) is 11.2 Å². The highest BCUT2D eigenvalue weighted by Gasteiger charge is 1.95. The Labute approximate surface area is 77.3 Å². The summed E-state index contributed by atoms with van der Waals surface area (Å²) in [5.41, 5.74) is 0.730. The maximum Gasteiger partial charge on any atom is 0.104 e. The smallest absolute Gasteiger partial charge is 0.104 e.